The summed E-state index contributed by atoms with van der Waals surface area (Å²) in [4.78, 5) is 32.8. The van der Waals surface area contributed by atoms with Crippen LogP contribution in [0.3, 0.4) is 0 Å². The van der Waals surface area contributed by atoms with E-state index in [1.54, 1.807) is 0 Å². The zero-order chi connectivity index (χ0) is 14.9. The van der Waals surface area contributed by atoms with Crippen molar-refractivity contribution < 1.29 is 28.7 Å². The molecule has 112 valence electrons. The highest BCUT2D eigenvalue weighted by Crippen LogP contribution is 2.43. The van der Waals surface area contributed by atoms with E-state index >= 15 is 0 Å². The Labute approximate surface area is 113 Å². The number of aromatic nitrogens is 2. The number of nitrogen functional groups attached to an aromatic ring is 1. The predicted octanol–water partition coefficient (Wildman–Crippen LogP) is -1.42. The second-order valence-corrected chi connectivity index (χ2v) is 5.42. The van der Waals surface area contributed by atoms with Gasteiger partial charge in [0.25, 0.3) is 0 Å². The minimum absolute atomic E-state index is 0.0121. The Bertz CT molecular complexity index is 585. The molecule has 0 radical (unpaired) electrons. The van der Waals surface area contributed by atoms with Gasteiger partial charge in [-0.3, -0.25) is 9.09 Å². The standard InChI is InChI=1S/C9H14N3O7P/c10-7-1-2-12(9(14)11-7)8-3-5(6(4-13)18-8)19-20(15,16)17/h1-2,5-6,8,13H,3-4H2,(H2,10,11,14)(H2,15,16,17)/t5-,6-,8-/m0/s1. The van der Waals surface area contributed by atoms with E-state index in [0.717, 1.165) is 4.57 Å². The van der Waals surface area contributed by atoms with E-state index in [4.69, 9.17) is 25.4 Å². The predicted molar refractivity (Wildman–Crippen MR) is 65.4 cm³/mol. The molecule has 1 aliphatic heterocycles. The fourth-order valence-corrected chi connectivity index (χ4v) is 2.54. The molecule has 1 aromatic heterocycles. The second-order valence-electron chi connectivity index (χ2n) is 4.22. The number of hydrogen-bond acceptors (Lipinski definition) is 7. The van der Waals surface area contributed by atoms with Crippen molar-refractivity contribution in [1.29, 1.82) is 0 Å². The van der Waals surface area contributed by atoms with Gasteiger partial charge in [-0.2, -0.15) is 4.98 Å². The number of ether oxygens (including phenoxy) is 1. The van der Waals surface area contributed by atoms with Crippen molar-refractivity contribution in [3.05, 3.63) is 22.7 Å². The summed E-state index contributed by atoms with van der Waals surface area (Å²) in [5.41, 5.74) is 4.69. The number of anilines is 1. The smallest absolute Gasteiger partial charge is 0.394 e. The Kier molecular flexibility index (Phi) is 4.23. The van der Waals surface area contributed by atoms with E-state index < -0.39 is 38.6 Å². The summed E-state index contributed by atoms with van der Waals surface area (Å²) in [5.74, 6) is 0.0472. The maximum absolute atomic E-state index is 11.6. The van der Waals surface area contributed by atoms with Gasteiger partial charge in [0.1, 0.15) is 24.3 Å². The van der Waals surface area contributed by atoms with E-state index in [0.29, 0.717) is 0 Å². The number of rotatable bonds is 4. The Morgan fingerprint density at radius 1 is 1.60 bits per heavy atom. The zero-order valence-electron chi connectivity index (χ0n) is 10.2. The zero-order valence-corrected chi connectivity index (χ0v) is 11.1. The molecule has 3 atom stereocenters. The van der Waals surface area contributed by atoms with E-state index in [2.05, 4.69) is 9.51 Å². The number of aliphatic hydroxyl groups is 1. The van der Waals surface area contributed by atoms with Crippen molar-refractivity contribution in [2.75, 3.05) is 12.3 Å². The highest BCUT2D eigenvalue weighted by atomic mass is 31.2. The number of hydrogen-bond donors (Lipinski definition) is 4. The molecule has 0 aromatic carbocycles. The molecule has 2 heterocycles. The molecule has 0 aliphatic carbocycles. The van der Waals surface area contributed by atoms with Gasteiger partial charge in [-0.05, 0) is 6.07 Å². The molecule has 2 rings (SSSR count). The molecule has 0 amide bonds. The number of nitrogens with two attached hydrogens (primary N) is 1. The van der Waals surface area contributed by atoms with Crippen molar-refractivity contribution in [3.63, 3.8) is 0 Å². The van der Waals surface area contributed by atoms with E-state index in [9.17, 15) is 9.36 Å². The lowest BCUT2D eigenvalue weighted by Gasteiger charge is -2.16. The molecule has 0 bridgehead atoms. The first-order valence-electron chi connectivity index (χ1n) is 5.65. The van der Waals surface area contributed by atoms with Gasteiger partial charge in [-0.1, -0.05) is 0 Å². The average Bonchev–Trinajstić information content (AvgIpc) is 2.69. The molecular formula is C9H14N3O7P. The van der Waals surface area contributed by atoms with Crippen molar-refractivity contribution in [2.24, 2.45) is 0 Å². The molecule has 1 aromatic rings. The third-order valence-electron chi connectivity index (χ3n) is 2.79. The van der Waals surface area contributed by atoms with Gasteiger partial charge < -0.3 is 25.4 Å². The van der Waals surface area contributed by atoms with Gasteiger partial charge in [-0.15, -0.1) is 0 Å². The van der Waals surface area contributed by atoms with Crippen LogP contribution in [0.15, 0.2) is 17.1 Å². The Morgan fingerprint density at radius 2 is 2.30 bits per heavy atom. The molecule has 1 saturated heterocycles. The highest BCUT2D eigenvalue weighted by molar-refractivity contribution is 7.46. The van der Waals surface area contributed by atoms with Gasteiger partial charge in [-0.25, -0.2) is 9.36 Å². The van der Waals surface area contributed by atoms with Crippen LogP contribution < -0.4 is 11.4 Å². The van der Waals surface area contributed by atoms with Crippen LogP contribution >= 0.6 is 7.82 Å². The maximum Gasteiger partial charge on any atom is 0.469 e. The largest absolute Gasteiger partial charge is 0.469 e. The third-order valence-corrected chi connectivity index (χ3v) is 3.34. The van der Waals surface area contributed by atoms with Gasteiger partial charge in [0.05, 0.1) is 6.61 Å². The summed E-state index contributed by atoms with van der Waals surface area (Å²) in [6.07, 6.45) is -1.48. The van der Waals surface area contributed by atoms with E-state index in [1.165, 1.54) is 12.3 Å². The molecule has 10 nitrogen and oxygen atoms in total. The number of aliphatic hydroxyl groups excluding tert-OH is 1. The number of nitrogens with zero attached hydrogens (tertiary/aromatic N) is 2. The van der Waals surface area contributed by atoms with Crippen LogP contribution in [0.1, 0.15) is 12.6 Å². The average molecular weight is 307 g/mol. The minimum atomic E-state index is -4.72. The van der Waals surface area contributed by atoms with Crippen molar-refractivity contribution in [2.45, 2.75) is 24.9 Å². The first kappa shape index (κ1) is 15.1. The summed E-state index contributed by atoms with van der Waals surface area (Å²) < 4.78 is 21.8. The van der Waals surface area contributed by atoms with Gasteiger partial charge >= 0.3 is 13.5 Å². The van der Waals surface area contributed by atoms with Crippen LogP contribution in [0.25, 0.3) is 0 Å². The highest BCUT2D eigenvalue weighted by Gasteiger charge is 2.40. The molecule has 5 N–H and O–H groups in total. The normalized spacial score (nSPS) is 26.9. The summed E-state index contributed by atoms with van der Waals surface area (Å²) in [6.45, 7) is -0.502. The molecule has 11 heteroatoms. The molecule has 1 fully saturated rings. The van der Waals surface area contributed by atoms with Crippen LogP contribution in [0, 0.1) is 0 Å². The second kappa shape index (κ2) is 5.60. The molecule has 1 aliphatic rings. The van der Waals surface area contributed by atoms with Gasteiger partial charge in [0.15, 0.2) is 0 Å². The fourth-order valence-electron chi connectivity index (χ4n) is 1.97. The van der Waals surface area contributed by atoms with Crippen LogP contribution in [-0.2, 0) is 13.8 Å². The summed E-state index contributed by atoms with van der Waals surface area (Å²) >= 11 is 0. The summed E-state index contributed by atoms with van der Waals surface area (Å²) in [5, 5.41) is 9.13. The quantitative estimate of drug-likeness (QED) is 0.490. The van der Waals surface area contributed by atoms with Crippen molar-refractivity contribution >= 4 is 13.6 Å². The van der Waals surface area contributed by atoms with Crippen LogP contribution in [-0.4, -0.2) is 43.3 Å². The minimum Gasteiger partial charge on any atom is -0.394 e. The Hall–Kier alpha value is -1.29. The molecule has 0 unspecified atom stereocenters. The maximum atomic E-state index is 11.6. The molecule has 20 heavy (non-hydrogen) atoms. The fraction of sp³-hybridized carbons (Fsp3) is 0.556. The lowest BCUT2D eigenvalue weighted by Crippen LogP contribution is -2.28. The van der Waals surface area contributed by atoms with Crippen molar-refractivity contribution in [1.82, 2.24) is 9.55 Å². The first-order chi connectivity index (χ1) is 9.30. The number of phosphoric acid groups is 1. The summed E-state index contributed by atoms with van der Waals surface area (Å²) in [6, 6.07) is 1.38. The molecular weight excluding hydrogens is 293 g/mol. The monoisotopic (exact) mass is 307 g/mol. The number of phosphoric ester groups is 1. The third kappa shape index (κ3) is 3.42. The topological polar surface area (TPSA) is 157 Å². The van der Waals surface area contributed by atoms with E-state index in [1.807, 2.05) is 0 Å². The van der Waals surface area contributed by atoms with Crippen molar-refractivity contribution in [3.8, 4) is 0 Å². The van der Waals surface area contributed by atoms with Crippen LogP contribution in [0.2, 0.25) is 0 Å². The summed E-state index contributed by atoms with van der Waals surface area (Å²) in [7, 11) is -4.72. The van der Waals surface area contributed by atoms with E-state index in [-0.39, 0.29) is 12.2 Å². The van der Waals surface area contributed by atoms with Crippen LogP contribution in [0.4, 0.5) is 5.82 Å². The lowest BCUT2D eigenvalue weighted by atomic mass is 10.2. The Balaban J connectivity index is 2.20. The SMILES string of the molecule is Nc1ccn([C@@H]2C[C@H](OP(=O)(O)O)[C@H](CO)O2)c(=O)n1. The Morgan fingerprint density at radius 3 is 2.85 bits per heavy atom. The van der Waals surface area contributed by atoms with Gasteiger partial charge in [0.2, 0.25) is 0 Å². The first-order valence-corrected chi connectivity index (χ1v) is 7.18. The lowest BCUT2D eigenvalue weighted by molar-refractivity contribution is -0.0452. The molecule has 0 saturated carbocycles. The van der Waals surface area contributed by atoms with Crippen LogP contribution in [0.5, 0.6) is 0 Å². The van der Waals surface area contributed by atoms with Gasteiger partial charge in [0, 0.05) is 12.6 Å². The molecule has 0 spiro atoms.